The van der Waals surface area contributed by atoms with Gasteiger partial charge in [-0.15, -0.1) is 0 Å². The molecule has 0 amide bonds. The smallest absolute Gasteiger partial charge is 0.338 e. The molecule has 0 saturated heterocycles. The first kappa shape index (κ1) is 11.5. The summed E-state index contributed by atoms with van der Waals surface area (Å²) in [5, 5.41) is 0. The number of hydrogen-bond acceptors (Lipinski definition) is 2. The van der Waals surface area contributed by atoms with Gasteiger partial charge in [0.2, 0.25) is 0 Å². The fourth-order valence-corrected chi connectivity index (χ4v) is 1.09. The van der Waals surface area contributed by atoms with E-state index in [1.807, 2.05) is 26.0 Å². The van der Waals surface area contributed by atoms with Gasteiger partial charge in [0.05, 0.1) is 11.7 Å². The molecular weight excluding hydrogens is 188 g/mol. The number of carbonyl (C=O) groups is 1. The monoisotopic (exact) mass is 204 g/mol. The van der Waals surface area contributed by atoms with Crippen molar-refractivity contribution in [1.82, 2.24) is 0 Å². The number of esters is 1. The maximum atomic E-state index is 11.6. The van der Waals surface area contributed by atoms with Crippen LogP contribution in [0.3, 0.4) is 0 Å². The largest absolute Gasteiger partial charge is 0.459 e. The van der Waals surface area contributed by atoms with Crippen LogP contribution >= 0.6 is 0 Å². The molecule has 0 bridgehead atoms. The van der Waals surface area contributed by atoms with Crippen LogP contribution in [-0.4, -0.2) is 12.1 Å². The normalized spacial score (nSPS) is 11.9. The highest BCUT2D eigenvalue weighted by Gasteiger charge is 2.09. The quantitative estimate of drug-likeness (QED) is 0.703. The van der Waals surface area contributed by atoms with Gasteiger partial charge in [-0.05, 0) is 31.0 Å². The van der Waals surface area contributed by atoms with Crippen LogP contribution in [0.4, 0.5) is 0 Å². The number of rotatable bonds is 4. The second kappa shape index (κ2) is 5.35. The van der Waals surface area contributed by atoms with E-state index in [9.17, 15) is 4.79 Å². The molecule has 1 unspecified atom stereocenters. The van der Waals surface area contributed by atoms with Gasteiger partial charge in [0, 0.05) is 0 Å². The Labute approximate surface area is 90.6 Å². The molecule has 0 fully saturated rings. The van der Waals surface area contributed by atoms with Gasteiger partial charge < -0.3 is 4.74 Å². The zero-order valence-corrected chi connectivity index (χ0v) is 9.19. The van der Waals surface area contributed by atoms with Gasteiger partial charge >= 0.3 is 5.97 Å². The van der Waals surface area contributed by atoms with Crippen LogP contribution in [-0.2, 0) is 4.74 Å². The number of hydrogen-bond donors (Lipinski definition) is 0. The predicted molar refractivity (Wildman–Crippen MR) is 61.7 cm³/mol. The SMILES string of the molecule is C=Cc1ccc(C(=O)OC(C)CC)cc1. The Morgan fingerprint density at radius 2 is 2.07 bits per heavy atom. The van der Waals surface area contributed by atoms with Gasteiger partial charge in [-0.1, -0.05) is 31.7 Å². The van der Waals surface area contributed by atoms with E-state index in [-0.39, 0.29) is 12.1 Å². The van der Waals surface area contributed by atoms with E-state index >= 15 is 0 Å². The number of ether oxygens (including phenoxy) is 1. The fourth-order valence-electron chi connectivity index (χ4n) is 1.09. The molecule has 0 spiro atoms. The van der Waals surface area contributed by atoms with E-state index in [0.717, 1.165) is 12.0 Å². The van der Waals surface area contributed by atoms with Crippen molar-refractivity contribution in [3.63, 3.8) is 0 Å². The summed E-state index contributed by atoms with van der Waals surface area (Å²) >= 11 is 0. The third-order valence-corrected chi connectivity index (χ3v) is 2.27. The van der Waals surface area contributed by atoms with Crippen LogP contribution in [0, 0.1) is 0 Å². The average Bonchev–Trinajstić information content (AvgIpc) is 2.29. The highest BCUT2D eigenvalue weighted by Crippen LogP contribution is 2.08. The summed E-state index contributed by atoms with van der Waals surface area (Å²) in [5.74, 6) is -0.264. The molecule has 0 N–H and O–H groups in total. The Balaban J connectivity index is 2.70. The lowest BCUT2D eigenvalue weighted by atomic mass is 10.1. The highest BCUT2D eigenvalue weighted by molar-refractivity contribution is 5.89. The van der Waals surface area contributed by atoms with Crippen LogP contribution in [0.25, 0.3) is 6.08 Å². The van der Waals surface area contributed by atoms with Crippen molar-refractivity contribution in [2.75, 3.05) is 0 Å². The van der Waals surface area contributed by atoms with Gasteiger partial charge in [-0.3, -0.25) is 0 Å². The molecule has 1 aromatic rings. The van der Waals surface area contributed by atoms with Gasteiger partial charge in [0.25, 0.3) is 0 Å². The van der Waals surface area contributed by atoms with Crippen molar-refractivity contribution < 1.29 is 9.53 Å². The Morgan fingerprint density at radius 1 is 1.47 bits per heavy atom. The molecule has 1 rings (SSSR count). The van der Waals surface area contributed by atoms with Crippen LogP contribution in [0.15, 0.2) is 30.8 Å². The molecule has 0 heterocycles. The minimum absolute atomic E-state index is 0.0309. The molecule has 1 aromatic carbocycles. The molecular formula is C13H16O2. The van der Waals surface area contributed by atoms with Gasteiger partial charge in [-0.25, -0.2) is 4.79 Å². The first-order valence-corrected chi connectivity index (χ1v) is 5.10. The van der Waals surface area contributed by atoms with Crippen LogP contribution in [0.5, 0.6) is 0 Å². The molecule has 0 aliphatic carbocycles. The summed E-state index contributed by atoms with van der Waals surface area (Å²) in [7, 11) is 0. The van der Waals surface area contributed by atoms with Crippen molar-refractivity contribution in [3.05, 3.63) is 42.0 Å². The minimum Gasteiger partial charge on any atom is -0.459 e. The van der Waals surface area contributed by atoms with Crippen molar-refractivity contribution >= 4 is 12.0 Å². The lowest BCUT2D eigenvalue weighted by Crippen LogP contribution is -2.13. The lowest BCUT2D eigenvalue weighted by Gasteiger charge is -2.10. The Morgan fingerprint density at radius 3 is 2.53 bits per heavy atom. The number of carbonyl (C=O) groups excluding carboxylic acids is 1. The lowest BCUT2D eigenvalue weighted by molar-refractivity contribution is 0.0334. The third-order valence-electron chi connectivity index (χ3n) is 2.27. The van der Waals surface area contributed by atoms with Crippen LogP contribution < -0.4 is 0 Å². The topological polar surface area (TPSA) is 26.3 Å². The van der Waals surface area contributed by atoms with E-state index in [0.29, 0.717) is 5.56 Å². The highest BCUT2D eigenvalue weighted by atomic mass is 16.5. The van der Waals surface area contributed by atoms with E-state index in [1.165, 1.54) is 0 Å². The first-order chi connectivity index (χ1) is 7.17. The maximum Gasteiger partial charge on any atom is 0.338 e. The van der Waals surface area contributed by atoms with Crippen LogP contribution in [0.1, 0.15) is 36.2 Å². The summed E-state index contributed by atoms with van der Waals surface area (Å²) in [6, 6.07) is 7.20. The predicted octanol–water partition coefficient (Wildman–Crippen LogP) is 3.28. The molecule has 15 heavy (non-hydrogen) atoms. The van der Waals surface area contributed by atoms with E-state index in [1.54, 1.807) is 18.2 Å². The summed E-state index contributed by atoms with van der Waals surface area (Å²) in [4.78, 5) is 11.6. The summed E-state index contributed by atoms with van der Waals surface area (Å²) in [6.07, 6.45) is 2.54. The standard InChI is InChI=1S/C13H16O2/c1-4-10(3)15-13(14)12-8-6-11(5-2)7-9-12/h5-10H,2,4H2,1,3H3. The van der Waals surface area contributed by atoms with Crippen molar-refractivity contribution in [2.45, 2.75) is 26.4 Å². The van der Waals surface area contributed by atoms with E-state index in [4.69, 9.17) is 4.74 Å². The molecule has 1 atom stereocenters. The molecule has 0 saturated carbocycles. The first-order valence-electron chi connectivity index (χ1n) is 5.10. The minimum atomic E-state index is -0.264. The van der Waals surface area contributed by atoms with Crippen LogP contribution in [0.2, 0.25) is 0 Å². The van der Waals surface area contributed by atoms with Gasteiger partial charge in [0.15, 0.2) is 0 Å². The molecule has 2 nitrogen and oxygen atoms in total. The molecule has 0 aromatic heterocycles. The second-order valence-electron chi connectivity index (χ2n) is 3.45. The molecule has 80 valence electrons. The average molecular weight is 204 g/mol. The number of benzene rings is 1. The van der Waals surface area contributed by atoms with Crippen molar-refractivity contribution in [3.8, 4) is 0 Å². The summed E-state index contributed by atoms with van der Waals surface area (Å²) < 4.78 is 5.19. The van der Waals surface area contributed by atoms with E-state index < -0.39 is 0 Å². The second-order valence-corrected chi connectivity index (χ2v) is 3.45. The van der Waals surface area contributed by atoms with E-state index in [2.05, 4.69) is 6.58 Å². The van der Waals surface area contributed by atoms with Gasteiger partial charge in [-0.2, -0.15) is 0 Å². The Kier molecular flexibility index (Phi) is 4.10. The van der Waals surface area contributed by atoms with Crippen molar-refractivity contribution in [1.29, 1.82) is 0 Å². The maximum absolute atomic E-state index is 11.6. The molecule has 0 aliphatic rings. The van der Waals surface area contributed by atoms with Gasteiger partial charge in [0.1, 0.15) is 0 Å². The zero-order chi connectivity index (χ0) is 11.3. The fraction of sp³-hybridized carbons (Fsp3) is 0.308. The van der Waals surface area contributed by atoms with Crippen molar-refractivity contribution in [2.24, 2.45) is 0 Å². The summed E-state index contributed by atoms with van der Waals surface area (Å²) in [5.41, 5.74) is 1.58. The molecule has 0 radical (unpaired) electrons. The summed E-state index contributed by atoms with van der Waals surface area (Å²) in [6.45, 7) is 7.52. The third kappa shape index (κ3) is 3.24. The zero-order valence-electron chi connectivity index (χ0n) is 9.19. The Hall–Kier alpha value is -1.57. The Bertz CT molecular complexity index is 338. The molecule has 2 heteroatoms. The molecule has 0 aliphatic heterocycles.